The Morgan fingerprint density at radius 2 is 1.70 bits per heavy atom. The molecule has 166 valence electrons. The van der Waals surface area contributed by atoms with E-state index in [0.717, 1.165) is 25.0 Å². The van der Waals surface area contributed by atoms with Gasteiger partial charge in [0, 0.05) is 25.0 Å². The highest BCUT2D eigenvalue weighted by atomic mass is 32.2. The second-order valence-corrected chi connectivity index (χ2v) is 9.40. The molecule has 0 bridgehead atoms. The Morgan fingerprint density at radius 1 is 1.10 bits per heavy atom. The number of carbonyl (C=O) groups excluding carboxylic acids is 2. The van der Waals surface area contributed by atoms with Gasteiger partial charge in [-0.25, -0.2) is 8.42 Å². The molecule has 1 heterocycles. The van der Waals surface area contributed by atoms with Crippen molar-refractivity contribution in [3.05, 3.63) is 29.8 Å². The second kappa shape index (κ2) is 8.54. The highest BCUT2D eigenvalue weighted by Crippen LogP contribution is 2.34. The van der Waals surface area contributed by atoms with Crippen LogP contribution in [-0.4, -0.2) is 50.3 Å². The summed E-state index contributed by atoms with van der Waals surface area (Å²) in [7, 11) is -4.56. The number of halogens is 3. The predicted octanol–water partition coefficient (Wildman–Crippen LogP) is 1.89. The molecule has 30 heavy (non-hydrogen) atoms. The molecular weight excluding hydrogens is 423 g/mol. The van der Waals surface area contributed by atoms with E-state index in [1.165, 1.54) is 17.9 Å². The van der Waals surface area contributed by atoms with Gasteiger partial charge < -0.3 is 10.2 Å². The average molecular weight is 447 g/mol. The van der Waals surface area contributed by atoms with Crippen molar-refractivity contribution < 1.29 is 31.2 Å². The molecule has 2 fully saturated rings. The summed E-state index contributed by atoms with van der Waals surface area (Å²) in [5.74, 6) is -0.391. The average Bonchev–Trinajstić information content (AvgIpc) is 3.52. The molecule has 0 aromatic heterocycles. The quantitative estimate of drug-likeness (QED) is 0.696. The summed E-state index contributed by atoms with van der Waals surface area (Å²) in [6, 6.07) is 2.57. The van der Waals surface area contributed by atoms with Crippen LogP contribution in [0, 0.1) is 5.92 Å². The number of carbonyl (C=O) groups is 2. The molecule has 1 atom stereocenters. The topological polar surface area (TPSA) is 95.6 Å². The van der Waals surface area contributed by atoms with Gasteiger partial charge in [-0.3, -0.25) is 9.59 Å². The van der Waals surface area contributed by atoms with Crippen molar-refractivity contribution in [2.45, 2.75) is 55.8 Å². The molecule has 1 unspecified atom stereocenters. The number of amides is 2. The number of nitrogens with zero attached hydrogens (tertiary/aromatic N) is 1. The largest absolute Gasteiger partial charge is 0.417 e. The normalized spacial score (nSPS) is 19.4. The minimum absolute atomic E-state index is 0.0317. The van der Waals surface area contributed by atoms with Crippen LogP contribution in [0.1, 0.15) is 38.2 Å². The molecule has 1 aromatic rings. The maximum atomic E-state index is 13.1. The maximum absolute atomic E-state index is 13.1. The number of piperidine rings is 1. The zero-order chi connectivity index (χ0) is 22.1. The van der Waals surface area contributed by atoms with Crippen LogP contribution < -0.4 is 10.0 Å². The smallest absolute Gasteiger partial charge is 0.353 e. The summed E-state index contributed by atoms with van der Waals surface area (Å²) in [4.78, 5) is 25.0. The lowest BCUT2D eigenvalue weighted by Gasteiger charge is -2.34. The first kappa shape index (κ1) is 22.5. The van der Waals surface area contributed by atoms with E-state index < -0.39 is 38.6 Å². The van der Waals surface area contributed by atoms with Gasteiger partial charge in [-0.1, -0.05) is 12.1 Å². The number of alkyl halides is 3. The fraction of sp³-hybridized carbons (Fsp3) is 0.579. The molecule has 2 aliphatic rings. The van der Waals surface area contributed by atoms with Crippen LogP contribution in [0.2, 0.25) is 0 Å². The number of likely N-dealkylation sites (tertiary alicyclic amines) is 1. The molecular formula is C19H24F3N3O4S. The van der Waals surface area contributed by atoms with E-state index >= 15 is 0 Å². The molecule has 2 N–H and O–H groups in total. The summed E-state index contributed by atoms with van der Waals surface area (Å²) in [6.45, 7) is 1.97. The fourth-order valence-electron chi connectivity index (χ4n) is 3.46. The lowest BCUT2D eigenvalue weighted by molar-refractivity contribution is -0.140. The minimum atomic E-state index is -4.84. The number of nitrogens with one attached hydrogen (secondary N) is 2. The lowest BCUT2D eigenvalue weighted by Crippen LogP contribution is -2.52. The van der Waals surface area contributed by atoms with Crippen LogP contribution in [-0.2, 0) is 25.8 Å². The number of hydrogen-bond acceptors (Lipinski definition) is 4. The lowest BCUT2D eigenvalue weighted by atomic mass is 10.0. The second-order valence-electron chi connectivity index (χ2n) is 7.72. The molecule has 1 aliphatic heterocycles. The van der Waals surface area contributed by atoms with E-state index in [4.69, 9.17) is 0 Å². The summed E-state index contributed by atoms with van der Waals surface area (Å²) < 4.78 is 66.5. The number of benzene rings is 1. The van der Waals surface area contributed by atoms with Crippen molar-refractivity contribution in [1.29, 1.82) is 0 Å². The summed E-state index contributed by atoms with van der Waals surface area (Å²) in [5.41, 5.74) is -1.29. The van der Waals surface area contributed by atoms with Crippen molar-refractivity contribution in [2.24, 2.45) is 5.92 Å². The monoisotopic (exact) mass is 447 g/mol. The standard InChI is InChI=1S/C19H24F3N3O4S/c1-12(24-30(28,29)16-5-3-2-4-15(16)19(20,21)22)18(27)25-10-8-14(9-11-25)23-17(26)13-6-7-13/h2-5,12-14,24H,6-11H2,1H3,(H,23,26). The maximum Gasteiger partial charge on any atom is 0.417 e. The van der Waals surface area contributed by atoms with Crippen LogP contribution in [0.3, 0.4) is 0 Å². The van der Waals surface area contributed by atoms with Crippen LogP contribution in [0.25, 0.3) is 0 Å². The van der Waals surface area contributed by atoms with Crippen LogP contribution in [0.4, 0.5) is 13.2 Å². The third-order valence-corrected chi connectivity index (χ3v) is 6.88. The number of hydrogen-bond donors (Lipinski definition) is 2. The molecule has 1 aromatic carbocycles. The molecule has 0 spiro atoms. The SMILES string of the molecule is CC(NS(=O)(=O)c1ccccc1C(F)(F)F)C(=O)N1CCC(NC(=O)C2CC2)CC1. The third kappa shape index (κ3) is 5.31. The highest BCUT2D eigenvalue weighted by molar-refractivity contribution is 7.89. The van der Waals surface area contributed by atoms with Crippen LogP contribution >= 0.6 is 0 Å². The summed E-state index contributed by atoms with van der Waals surface area (Å²) in [6.07, 6.45) is -1.96. The molecule has 0 radical (unpaired) electrons. The Morgan fingerprint density at radius 3 is 2.27 bits per heavy atom. The van der Waals surface area contributed by atoms with Gasteiger partial charge >= 0.3 is 6.18 Å². The van der Waals surface area contributed by atoms with Gasteiger partial charge in [0.15, 0.2) is 0 Å². The van der Waals surface area contributed by atoms with Gasteiger partial charge in [0.1, 0.15) is 0 Å². The first-order valence-corrected chi connectivity index (χ1v) is 11.2. The predicted molar refractivity (Wildman–Crippen MR) is 102 cm³/mol. The van der Waals surface area contributed by atoms with Crippen LogP contribution in [0.15, 0.2) is 29.2 Å². The van der Waals surface area contributed by atoms with Gasteiger partial charge in [0.05, 0.1) is 16.5 Å². The van der Waals surface area contributed by atoms with E-state index in [9.17, 15) is 31.2 Å². The van der Waals surface area contributed by atoms with Gasteiger partial charge in [-0.05, 0) is 44.7 Å². The summed E-state index contributed by atoms with van der Waals surface area (Å²) in [5, 5.41) is 2.95. The van der Waals surface area contributed by atoms with Crippen molar-refractivity contribution in [1.82, 2.24) is 14.9 Å². The Kier molecular flexibility index (Phi) is 6.42. The van der Waals surface area contributed by atoms with Crippen molar-refractivity contribution in [3.63, 3.8) is 0 Å². The number of sulfonamides is 1. The molecule has 1 saturated carbocycles. The van der Waals surface area contributed by atoms with Gasteiger partial charge in [0.25, 0.3) is 0 Å². The molecule has 1 saturated heterocycles. The zero-order valence-corrected chi connectivity index (χ0v) is 17.2. The molecule has 1 aliphatic carbocycles. The van der Waals surface area contributed by atoms with E-state index in [-0.39, 0.29) is 17.9 Å². The van der Waals surface area contributed by atoms with Crippen molar-refractivity contribution in [2.75, 3.05) is 13.1 Å². The van der Waals surface area contributed by atoms with E-state index in [1.54, 1.807) is 0 Å². The highest BCUT2D eigenvalue weighted by Gasteiger charge is 2.38. The fourth-order valence-corrected chi connectivity index (χ4v) is 4.89. The van der Waals surface area contributed by atoms with Crippen LogP contribution in [0.5, 0.6) is 0 Å². The van der Waals surface area contributed by atoms with Crippen molar-refractivity contribution >= 4 is 21.8 Å². The zero-order valence-electron chi connectivity index (χ0n) is 16.4. The Bertz CT molecular complexity index is 908. The van der Waals surface area contributed by atoms with Gasteiger partial charge in [-0.15, -0.1) is 0 Å². The molecule has 7 nitrogen and oxygen atoms in total. The first-order chi connectivity index (χ1) is 14.0. The first-order valence-electron chi connectivity index (χ1n) is 9.77. The van der Waals surface area contributed by atoms with Gasteiger partial charge in [0.2, 0.25) is 21.8 Å². The van der Waals surface area contributed by atoms with Gasteiger partial charge in [-0.2, -0.15) is 17.9 Å². The Balaban J connectivity index is 1.60. The Hall–Kier alpha value is -2.14. The molecule has 3 rings (SSSR count). The van der Waals surface area contributed by atoms with E-state index in [1.807, 2.05) is 0 Å². The summed E-state index contributed by atoms with van der Waals surface area (Å²) >= 11 is 0. The van der Waals surface area contributed by atoms with E-state index in [2.05, 4.69) is 10.0 Å². The Labute approximate surface area is 173 Å². The van der Waals surface area contributed by atoms with Crippen molar-refractivity contribution in [3.8, 4) is 0 Å². The third-order valence-electron chi connectivity index (χ3n) is 5.29. The molecule has 11 heteroatoms. The minimum Gasteiger partial charge on any atom is -0.353 e. The van der Waals surface area contributed by atoms with E-state index in [0.29, 0.717) is 32.0 Å². The number of rotatable bonds is 6. The molecule has 2 amide bonds.